The minimum Gasteiger partial charge on any atom is -0.493 e. The van der Waals surface area contributed by atoms with Crippen molar-refractivity contribution < 1.29 is 18.8 Å². The van der Waals surface area contributed by atoms with E-state index in [0.29, 0.717) is 50.7 Å². The minimum atomic E-state index is -1.17. The number of amides is 1. The number of hydrogen-bond acceptors (Lipinski definition) is 6. The first kappa shape index (κ1) is 26.1. The lowest BCUT2D eigenvalue weighted by Gasteiger charge is -2.26. The van der Waals surface area contributed by atoms with Gasteiger partial charge in [-0.2, -0.15) is 0 Å². The summed E-state index contributed by atoms with van der Waals surface area (Å²) in [5.74, 6) is 0.542. The molecule has 11 heteroatoms. The summed E-state index contributed by atoms with van der Waals surface area (Å²) >= 11 is 24.3. The molecule has 1 saturated heterocycles. The molecule has 1 aliphatic heterocycles. The van der Waals surface area contributed by atoms with Gasteiger partial charge in [0, 0.05) is 42.5 Å². The van der Waals surface area contributed by atoms with Crippen LogP contribution in [0.4, 0.5) is 5.69 Å². The third-order valence-corrected chi connectivity index (χ3v) is 6.38. The van der Waals surface area contributed by atoms with Crippen LogP contribution < -0.4 is 10.1 Å². The Labute approximate surface area is 223 Å². The van der Waals surface area contributed by atoms with Crippen LogP contribution in [-0.4, -0.2) is 60.3 Å². The maximum absolute atomic E-state index is 11.8. The zero-order valence-corrected chi connectivity index (χ0v) is 21.6. The zero-order chi connectivity index (χ0) is 24.8. The van der Waals surface area contributed by atoms with Crippen LogP contribution in [-0.2, 0) is 9.53 Å². The highest BCUT2D eigenvalue weighted by atomic mass is 35.5. The second-order valence-electron chi connectivity index (χ2n) is 7.87. The van der Waals surface area contributed by atoms with Crippen molar-refractivity contribution in [1.29, 1.82) is 0 Å². The number of rotatable bonds is 9. The normalized spacial score (nSPS) is 14.3. The van der Waals surface area contributed by atoms with E-state index < -0.39 is 10.7 Å². The molecule has 2 heterocycles. The Morgan fingerprint density at radius 2 is 1.86 bits per heavy atom. The Bertz CT molecular complexity index is 1140. The van der Waals surface area contributed by atoms with Crippen molar-refractivity contribution in [3.8, 4) is 28.3 Å². The number of benzene rings is 2. The van der Waals surface area contributed by atoms with Gasteiger partial charge in [0.05, 0.1) is 29.9 Å². The first-order chi connectivity index (χ1) is 16.9. The number of carbonyl (C=O) groups is 1. The van der Waals surface area contributed by atoms with Crippen LogP contribution in [0.1, 0.15) is 6.42 Å². The van der Waals surface area contributed by atoms with Gasteiger partial charge in [-0.1, -0.05) is 63.7 Å². The van der Waals surface area contributed by atoms with Crippen LogP contribution in [0.3, 0.4) is 0 Å². The molecule has 0 spiro atoms. The standard InChI is InChI=1S/C24H23Cl4N3O4/c25-18-12-17(34-8-2-5-31-6-9-33-10-7-31)13-19(26)22(18)20-14-21(35-30-20)15-3-1-4-16(11-15)29-24(32)23(27)28/h1,3-4,11-14,23H,2,5-10H2,(H,29,32). The summed E-state index contributed by atoms with van der Waals surface area (Å²) < 4.78 is 16.7. The Morgan fingerprint density at radius 3 is 2.57 bits per heavy atom. The lowest BCUT2D eigenvalue weighted by molar-refractivity contribution is -0.114. The van der Waals surface area contributed by atoms with E-state index in [1.807, 2.05) is 6.07 Å². The summed E-state index contributed by atoms with van der Waals surface area (Å²) in [7, 11) is 0. The summed E-state index contributed by atoms with van der Waals surface area (Å²) in [5, 5.41) is 7.55. The number of hydrogen-bond donors (Lipinski definition) is 1. The maximum atomic E-state index is 11.8. The molecule has 35 heavy (non-hydrogen) atoms. The van der Waals surface area contributed by atoms with E-state index in [0.717, 1.165) is 39.3 Å². The fraction of sp³-hybridized carbons (Fsp3) is 0.333. The molecule has 1 fully saturated rings. The van der Waals surface area contributed by atoms with Crippen molar-refractivity contribution in [3.63, 3.8) is 0 Å². The van der Waals surface area contributed by atoms with Gasteiger partial charge < -0.3 is 19.3 Å². The predicted molar refractivity (Wildman–Crippen MR) is 139 cm³/mol. The summed E-state index contributed by atoms with van der Waals surface area (Å²) in [4.78, 5) is 12.9. The number of nitrogens with one attached hydrogen (secondary N) is 1. The van der Waals surface area contributed by atoms with Gasteiger partial charge in [0.25, 0.3) is 5.91 Å². The first-order valence-electron chi connectivity index (χ1n) is 11.0. The topological polar surface area (TPSA) is 76.8 Å². The Kier molecular flexibility index (Phi) is 9.16. The molecule has 0 unspecified atom stereocenters. The van der Waals surface area contributed by atoms with Crippen molar-refractivity contribution >= 4 is 58.0 Å². The predicted octanol–water partition coefficient (Wildman–Crippen LogP) is 6.16. The molecule has 3 aromatic rings. The number of nitrogens with zero attached hydrogens (tertiary/aromatic N) is 2. The van der Waals surface area contributed by atoms with Crippen molar-refractivity contribution in [2.45, 2.75) is 11.3 Å². The molecule has 0 radical (unpaired) electrons. The molecule has 1 aromatic heterocycles. The third kappa shape index (κ3) is 7.03. The molecule has 1 aliphatic rings. The van der Waals surface area contributed by atoms with Gasteiger partial charge >= 0.3 is 0 Å². The number of alkyl halides is 2. The molecule has 0 atom stereocenters. The molecule has 1 N–H and O–H groups in total. The Morgan fingerprint density at radius 1 is 1.11 bits per heavy atom. The Balaban J connectivity index is 1.42. The summed E-state index contributed by atoms with van der Waals surface area (Å²) in [5.41, 5.74) is 2.23. The molecule has 4 rings (SSSR count). The summed E-state index contributed by atoms with van der Waals surface area (Å²) in [6.45, 7) is 4.97. The third-order valence-electron chi connectivity index (χ3n) is 5.39. The average molecular weight is 559 g/mol. The van der Waals surface area contributed by atoms with E-state index in [9.17, 15) is 4.79 Å². The van der Waals surface area contributed by atoms with Crippen molar-refractivity contribution in [2.75, 3.05) is 44.8 Å². The lowest BCUT2D eigenvalue weighted by atomic mass is 10.1. The number of aromatic nitrogens is 1. The molecule has 0 bridgehead atoms. The number of morpholine rings is 1. The van der Waals surface area contributed by atoms with Crippen molar-refractivity contribution in [3.05, 3.63) is 52.5 Å². The van der Waals surface area contributed by atoms with Gasteiger partial charge in [-0.05, 0) is 30.7 Å². The van der Waals surface area contributed by atoms with Crippen molar-refractivity contribution in [1.82, 2.24) is 10.1 Å². The van der Waals surface area contributed by atoms with Crippen LogP contribution in [0, 0.1) is 0 Å². The van der Waals surface area contributed by atoms with Gasteiger partial charge in [0.15, 0.2) is 10.6 Å². The smallest absolute Gasteiger partial charge is 0.257 e. The van der Waals surface area contributed by atoms with Crippen molar-refractivity contribution in [2.24, 2.45) is 0 Å². The van der Waals surface area contributed by atoms with Gasteiger partial charge in [0.1, 0.15) is 11.4 Å². The highest BCUT2D eigenvalue weighted by Crippen LogP contribution is 2.39. The molecule has 7 nitrogen and oxygen atoms in total. The quantitative estimate of drug-likeness (QED) is 0.250. The summed E-state index contributed by atoms with van der Waals surface area (Å²) in [6, 6.07) is 12.2. The molecule has 1 amide bonds. The van der Waals surface area contributed by atoms with Gasteiger partial charge in [-0.3, -0.25) is 9.69 Å². The van der Waals surface area contributed by atoms with E-state index in [1.165, 1.54) is 0 Å². The highest BCUT2D eigenvalue weighted by Gasteiger charge is 2.18. The average Bonchev–Trinajstić information content (AvgIpc) is 3.32. The number of ether oxygens (including phenoxy) is 2. The number of halogens is 4. The molecular formula is C24H23Cl4N3O4. The fourth-order valence-electron chi connectivity index (χ4n) is 3.66. The Hall–Kier alpha value is -2.00. The first-order valence-corrected chi connectivity index (χ1v) is 12.6. The van der Waals surface area contributed by atoms with E-state index in [1.54, 1.807) is 36.4 Å². The van der Waals surface area contributed by atoms with Crippen LogP contribution in [0.2, 0.25) is 10.0 Å². The van der Waals surface area contributed by atoms with Gasteiger partial charge in [-0.15, -0.1) is 0 Å². The molecular weight excluding hydrogens is 536 g/mol. The van der Waals surface area contributed by atoms with E-state index in [-0.39, 0.29) is 0 Å². The highest BCUT2D eigenvalue weighted by molar-refractivity contribution is 6.54. The zero-order valence-electron chi connectivity index (χ0n) is 18.6. The van der Waals surface area contributed by atoms with Gasteiger partial charge in [0.2, 0.25) is 0 Å². The second-order valence-corrected chi connectivity index (χ2v) is 9.78. The fourth-order valence-corrected chi connectivity index (χ4v) is 4.43. The van der Waals surface area contributed by atoms with E-state index >= 15 is 0 Å². The second kappa shape index (κ2) is 12.3. The molecule has 0 saturated carbocycles. The lowest BCUT2D eigenvalue weighted by Crippen LogP contribution is -2.37. The number of anilines is 1. The monoisotopic (exact) mass is 557 g/mol. The van der Waals surface area contributed by atoms with E-state index in [2.05, 4.69) is 15.4 Å². The van der Waals surface area contributed by atoms with E-state index in [4.69, 9.17) is 60.4 Å². The SMILES string of the molecule is O=C(Nc1cccc(-c2cc(-c3c(Cl)cc(OCCCN4CCOCC4)cc3Cl)no2)c1)C(Cl)Cl. The van der Waals surface area contributed by atoms with Crippen LogP contribution in [0.25, 0.3) is 22.6 Å². The minimum absolute atomic E-state index is 0.400. The molecule has 0 aliphatic carbocycles. The maximum Gasteiger partial charge on any atom is 0.257 e. The van der Waals surface area contributed by atoms with Crippen LogP contribution >= 0.6 is 46.4 Å². The van der Waals surface area contributed by atoms with Crippen LogP contribution in [0.15, 0.2) is 47.0 Å². The van der Waals surface area contributed by atoms with Gasteiger partial charge in [-0.25, -0.2) is 0 Å². The molecule has 2 aromatic carbocycles. The largest absolute Gasteiger partial charge is 0.493 e. The summed E-state index contributed by atoms with van der Waals surface area (Å²) in [6.07, 6.45) is 0.888. The number of carbonyl (C=O) groups excluding carboxylic acids is 1. The van der Waals surface area contributed by atoms with Crippen LogP contribution in [0.5, 0.6) is 5.75 Å². The molecule has 186 valence electrons.